The van der Waals surface area contributed by atoms with Crippen molar-refractivity contribution in [3.05, 3.63) is 29.8 Å². The van der Waals surface area contributed by atoms with Crippen LogP contribution in [0.25, 0.3) is 0 Å². The molecule has 6 nitrogen and oxygen atoms in total. The maximum absolute atomic E-state index is 5.26. The van der Waals surface area contributed by atoms with E-state index in [1.54, 1.807) is 14.2 Å². The first-order chi connectivity index (χ1) is 12.2. The Balaban J connectivity index is 0.00000338. The van der Waals surface area contributed by atoms with Gasteiger partial charge in [0.05, 0.1) is 13.7 Å². The van der Waals surface area contributed by atoms with Crippen molar-refractivity contribution in [2.75, 3.05) is 54.1 Å². The molecule has 0 bridgehead atoms. The molecule has 1 fully saturated rings. The van der Waals surface area contributed by atoms with E-state index in [9.17, 15) is 0 Å². The fourth-order valence-electron chi connectivity index (χ4n) is 3.06. The topological polar surface area (TPSA) is 58.1 Å². The Morgan fingerprint density at radius 3 is 2.65 bits per heavy atom. The van der Waals surface area contributed by atoms with Crippen molar-refractivity contribution in [3.63, 3.8) is 0 Å². The number of piperidine rings is 1. The van der Waals surface area contributed by atoms with Gasteiger partial charge in [0.1, 0.15) is 5.75 Å². The molecule has 0 unspecified atom stereocenters. The van der Waals surface area contributed by atoms with Crippen LogP contribution in [0.4, 0.5) is 0 Å². The molecule has 26 heavy (non-hydrogen) atoms. The molecule has 7 heteroatoms. The molecule has 0 saturated carbocycles. The summed E-state index contributed by atoms with van der Waals surface area (Å²) < 4.78 is 10.4. The van der Waals surface area contributed by atoms with Crippen LogP contribution in [0, 0.1) is 5.92 Å². The molecule has 0 radical (unpaired) electrons. The summed E-state index contributed by atoms with van der Waals surface area (Å²) in [7, 11) is 5.27. The van der Waals surface area contributed by atoms with Gasteiger partial charge >= 0.3 is 0 Å². The van der Waals surface area contributed by atoms with Gasteiger partial charge in [-0.1, -0.05) is 12.1 Å². The second-order valence-electron chi connectivity index (χ2n) is 6.44. The van der Waals surface area contributed by atoms with E-state index in [0.29, 0.717) is 5.92 Å². The molecule has 1 heterocycles. The molecular formula is C19H33IN4O2. The normalized spacial score (nSPS) is 16.0. The maximum Gasteiger partial charge on any atom is 0.191 e. The smallest absolute Gasteiger partial charge is 0.191 e. The highest BCUT2D eigenvalue weighted by atomic mass is 127. The lowest BCUT2D eigenvalue weighted by Crippen LogP contribution is -2.43. The van der Waals surface area contributed by atoms with Crippen LogP contribution < -0.4 is 15.4 Å². The average molecular weight is 476 g/mol. The molecule has 1 aliphatic heterocycles. The third kappa shape index (κ3) is 8.09. The van der Waals surface area contributed by atoms with Crippen LogP contribution in [0.2, 0.25) is 0 Å². The van der Waals surface area contributed by atoms with Crippen molar-refractivity contribution in [3.8, 4) is 5.75 Å². The molecule has 2 N–H and O–H groups in total. The Kier molecular flexibility index (Phi) is 11.6. The molecule has 1 aromatic rings. The van der Waals surface area contributed by atoms with Crippen LogP contribution in [-0.2, 0) is 11.3 Å². The number of rotatable bonds is 8. The third-order valence-corrected chi connectivity index (χ3v) is 4.69. The quantitative estimate of drug-likeness (QED) is 0.343. The van der Waals surface area contributed by atoms with Crippen LogP contribution in [0.1, 0.15) is 18.4 Å². The number of hydrogen-bond acceptors (Lipinski definition) is 4. The van der Waals surface area contributed by atoms with Crippen LogP contribution in [-0.4, -0.2) is 64.9 Å². The second kappa shape index (κ2) is 13.2. The van der Waals surface area contributed by atoms with Gasteiger partial charge in [-0.2, -0.15) is 0 Å². The van der Waals surface area contributed by atoms with Gasteiger partial charge in [-0.3, -0.25) is 4.99 Å². The number of likely N-dealkylation sites (tertiary alicyclic amines) is 1. The molecule has 2 rings (SSSR count). The first-order valence-electron chi connectivity index (χ1n) is 9.04. The molecule has 0 aromatic heterocycles. The minimum atomic E-state index is 0. The Morgan fingerprint density at radius 2 is 2.00 bits per heavy atom. The fraction of sp³-hybridized carbons (Fsp3) is 0.632. The van der Waals surface area contributed by atoms with Gasteiger partial charge in [-0.25, -0.2) is 0 Å². The number of benzene rings is 1. The molecule has 148 valence electrons. The lowest BCUT2D eigenvalue weighted by Gasteiger charge is -2.32. The summed E-state index contributed by atoms with van der Waals surface area (Å²) in [5, 5.41) is 6.83. The number of nitrogens with zero attached hydrogens (tertiary/aromatic N) is 2. The number of hydrogen-bond donors (Lipinski definition) is 2. The van der Waals surface area contributed by atoms with Crippen molar-refractivity contribution in [1.82, 2.24) is 15.5 Å². The highest BCUT2D eigenvalue weighted by Crippen LogP contribution is 2.16. The number of nitrogens with one attached hydrogen (secondary N) is 2. The number of aliphatic imine (C=N–C) groups is 1. The maximum atomic E-state index is 5.26. The number of ether oxygens (including phenoxy) is 2. The number of guanidine groups is 1. The molecular weight excluding hydrogens is 443 g/mol. The Morgan fingerprint density at radius 1 is 1.23 bits per heavy atom. The van der Waals surface area contributed by atoms with Gasteiger partial charge in [0.2, 0.25) is 0 Å². The highest BCUT2D eigenvalue weighted by molar-refractivity contribution is 14.0. The summed E-state index contributed by atoms with van der Waals surface area (Å²) in [5.74, 6) is 2.43. The average Bonchev–Trinajstić information content (AvgIpc) is 2.67. The van der Waals surface area contributed by atoms with Gasteiger partial charge in [0.25, 0.3) is 0 Å². The van der Waals surface area contributed by atoms with Crippen molar-refractivity contribution in [2.45, 2.75) is 19.4 Å². The van der Waals surface area contributed by atoms with E-state index in [4.69, 9.17) is 9.47 Å². The van der Waals surface area contributed by atoms with Gasteiger partial charge in [-0.15, -0.1) is 24.0 Å². The standard InChI is InChI=1S/C19H32N4O2.HI/c1-20-19(22-15-17-5-4-6-18(13-17)25-3)21-14-16-7-9-23(10-8-16)11-12-24-2;/h4-6,13,16H,7-12,14-15H2,1-3H3,(H2,20,21,22);1H. The fourth-order valence-corrected chi connectivity index (χ4v) is 3.06. The van der Waals surface area contributed by atoms with Gasteiger partial charge in [0.15, 0.2) is 5.96 Å². The summed E-state index contributed by atoms with van der Waals surface area (Å²) >= 11 is 0. The number of methoxy groups -OCH3 is 2. The van der Waals surface area contributed by atoms with E-state index in [1.807, 2.05) is 25.2 Å². The molecule has 0 aliphatic carbocycles. The molecule has 1 aromatic carbocycles. The van der Waals surface area contributed by atoms with Crippen LogP contribution in [0.3, 0.4) is 0 Å². The summed E-state index contributed by atoms with van der Waals surface area (Å²) in [6.07, 6.45) is 2.45. The predicted octanol–water partition coefficient (Wildman–Crippen LogP) is 2.34. The molecule has 0 atom stereocenters. The van der Waals surface area contributed by atoms with E-state index in [2.05, 4.69) is 26.6 Å². The molecule has 0 spiro atoms. The van der Waals surface area contributed by atoms with Crippen molar-refractivity contribution in [2.24, 2.45) is 10.9 Å². The lowest BCUT2D eigenvalue weighted by atomic mass is 9.97. The zero-order chi connectivity index (χ0) is 17.9. The van der Waals surface area contributed by atoms with Crippen molar-refractivity contribution < 1.29 is 9.47 Å². The van der Waals surface area contributed by atoms with E-state index >= 15 is 0 Å². The monoisotopic (exact) mass is 476 g/mol. The molecule has 0 amide bonds. The predicted molar refractivity (Wildman–Crippen MR) is 118 cm³/mol. The van der Waals surface area contributed by atoms with Crippen molar-refractivity contribution in [1.29, 1.82) is 0 Å². The first-order valence-corrected chi connectivity index (χ1v) is 9.04. The summed E-state index contributed by atoms with van der Waals surface area (Å²) in [6.45, 7) is 5.88. The summed E-state index contributed by atoms with van der Waals surface area (Å²) in [5.41, 5.74) is 1.17. The Labute approximate surface area is 174 Å². The van der Waals surface area contributed by atoms with E-state index < -0.39 is 0 Å². The molecule has 1 saturated heterocycles. The Hall–Kier alpha value is -1.06. The SMILES string of the molecule is CN=C(NCc1cccc(OC)c1)NCC1CCN(CCOC)CC1.I. The Bertz CT molecular complexity index is 534. The summed E-state index contributed by atoms with van der Waals surface area (Å²) in [6, 6.07) is 8.08. The summed E-state index contributed by atoms with van der Waals surface area (Å²) in [4.78, 5) is 6.80. The largest absolute Gasteiger partial charge is 0.497 e. The molecule has 1 aliphatic rings. The van der Waals surface area contributed by atoms with Crippen LogP contribution >= 0.6 is 24.0 Å². The minimum Gasteiger partial charge on any atom is -0.497 e. The third-order valence-electron chi connectivity index (χ3n) is 4.69. The van der Waals surface area contributed by atoms with Gasteiger partial charge < -0.3 is 25.0 Å². The van der Waals surface area contributed by atoms with Crippen molar-refractivity contribution >= 4 is 29.9 Å². The van der Waals surface area contributed by atoms with Gasteiger partial charge in [0, 0.05) is 33.8 Å². The van der Waals surface area contributed by atoms with E-state index in [1.165, 1.54) is 18.4 Å². The second-order valence-corrected chi connectivity index (χ2v) is 6.44. The van der Waals surface area contributed by atoms with E-state index in [0.717, 1.165) is 51.0 Å². The first kappa shape index (κ1) is 23.0. The van der Waals surface area contributed by atoms with Crippen LogP contribution in [0.5, 0.6) is 5.75 Å². The highest BCUT2D eigenvalue weighted by Gasteiger charge is 2.18. The van der Waals surface area contributed by atoms with E-state index in [-0.39, 0.29) is 24.0 Å². The zero-order valence-electron chi connectivity index (χ0n) is 16.2. The zero-order valence-corrected chi connectivity index (χ0v) is 18.5. The lowest BCUT2D eigenvalue weighted by molar-refractivity contribution is 0.121. The van der Waals surface area contributed by atoms with Crippen LogP contribution in [0.15, 0.2) is 29.3 Å². The van der Waals surface area contributed by atoms with Gasteiger partial charge in [-0.05, 0) is 49.5 Å². The minimum absolute atomic E-state index is 0. The number of halogens is 1.